The zero-order valence-electron chi connectivity index (χ0n) is 27.8. The van der Waals surface area contributed by atoms with Crippen LogP contribution in [-0.2, 0) is 38.1 Å². The van der Waals surface area contributed by atoms with Crippen molar-refractivity contribution >= 4 is 23.8 Å². The quantitative estimate of drug-likeness (QED) is 0.189. The molecule has 256 valence electrons. The maximum atomic E-state index is 13.0. The predicted molar refractivity (Wildman–Crippen MR) is 167 cm³/mol. The monoisotopic (exact) mass is 635 g/mol. The zero-order chi connectivity index (χ0) is 32.9. The number of amides is 1. The van der Waals surface area contributed by atoms with Gasteiger partial charge in [-0.1, -0.05) is 20.8 Å². The van der Waals surface area contributed by atoms with E-state index in [9.17, 15) is 19.2 Å². The summed E-state index contributed by atoms with van der Waals surface area (Å²) in [5, 5.41) is 0. The first-order valence-electron chi connectivity index (χ1n) is 17.1. The number of methoxy groups -OCH3 is 1. The number of rotatable bonds is 14. The molecule has 4 fully saturated rings. The van der Waals surface area contributed by atoms with E-state index in [1.54, 1.807) is 0 Å². The zero-order valence-corrected chi connectivity index (χ0v) is 27.8. The molecule has 11 heteroatoms. The van der Waals surface area contributed by atoms with Crippen LogP contribution in [0.2, 0.25) is 0 Å². The molecule has 4 aliphatic carbocycles. The van der Waals surface area contributed by atoms with Crippen LogP contribution in [0.1, 0.15) is 97.8 Å². The highest BCUT2D eigenvalue weighted by atomic mass is 16.5. The Morgan fingerprint density at radius 2 is 1.53 bits per heavy atom. The highest BCUT2D eigenvalue weighted by Gasteiger charge is 2.67. The molecule has 0 heterocycles. The van der Waals surface area contributed by atoms with Crippen LogP contribution >= 0.6 is 0 Å². The van der Waals surface area contributed by atoms with Gasteiger partial charge in [0.15, 0.2) is 0 Å². The van der Waals surface area contributed by atoms with Crippen molar-refractivity contribution in [1.29, 1.82) is 0 Å². The summed E-state index contributed by atoms with van der Waals surface area (Å²) in [4.78, 5) is 49.1. The van der Waals surface area contributed by atoms with Crippen molar-refractivity contribution in [1.82, 2.24) is 0 Å². The molecule has 0 aromatic carbocycles. The number of nitrogens with two attached hydrogens (primary N) is 3. The Hall–Kier alpha value is -2.24. The van der Waals surface area contributed by atoms with Crippen LogP contribution < -0.4 is 17.2 Å². The molecular formula is C34H57N3O8. The van der Waals surface area contributed by atoms with Gasteiger partial charge in [-0.25, -0.2) is 0 Å². The van der Waals surface area contributed by atoms with Gasteiger partial charge < -0.3 is 36.1 Å². The smallest absolute Gasteiger partial charge is 0.307 e. The maximum absolute atomic E-state index is 13.0. The number of fused-ring (bicyclic) bond motifs is 5. The van der Waals surface area contributed by atoms with Gasteiger partial charge in [-0.05, 0) is 86.4 Å². The summed E-state index contributed by atoms with van der Waals surface area (Å²) < 4.78 is 23.8. The molecule has 0 spiro atoms. The minimum atomic E-state index is -0.390. The van der Waals surface area contributed by atoms with Crippen LogP contribution in [0, 0.1) is 46.3 Å². The first kappa shape index (κ1) is 35.6. The minimum absolute atomic E-state index is 0.0561. The Balaban J connectivity index is 1.68. The van der Waals surface area contributed by atoms with Gasteiger partial charge in [-0.3, -0.25) is 19.2 Å². The predicted octanol–water partition coefficient (Wildman–Crippen LogP) is 3.24. The fourth-order valence-electron chi connectivity index (χ4n) is 10.2. The van der Waals surface area contributed by atoms with Crippen LogP contribution in [0.25, 0.3) is 0 Å². The second-order valence-electron chi connectivity index (χ2n) is 14.7. The van der Waals surface area contributed by atoms with Gasteiger partial charge in [0.05, 0.1) is 32.7 Å². The number of carbonyl (C=O) groups is 4. The number of esters is 3. The minimum Gasteiger partial charge on any atom is -0.469 e. The van der Waals surface area contributed by atoms with Crippen molar-refractivity contribution in [3.05, 3.63) is 0 Å². The third-order valence-electron chi connectivity index (χ3n) is 12.4. The normalized spacial score (nSPS) is 37.8. The number of ether oxygens (including phenoxy) is 4. The van der Waals surface area contributed by atoms with Gasteiger partial charge >= 0.3 is 17.9 Å². The highest BCUT2D eigenvalue weighted by Crippen LogP contribution is 2.69. The van der Waals surface area contributed by atoms with E-state index in [1.165, 1.54) is 7.11 Å². The van der Waals surface area contributed by atoms with E-state index in [4.69, 9.17) is 36.1 Å². The molecule has 4 aliphatic rings. The van der Waals surface area contributed by atoms with E-state index in [1.807, 2.05) is 0 Å². The van der Waals surface area contributed by atoms with Gasteiger partial charge in [-0.2, -0.15) is 0 Å². The van der Waals surface area contributed by atoms with Gasteiger partial charge in [0, 0.05) is 37.3 Å². The van der Waals surface area contributed by atoms with Crippen LogP contribution in [0.4, 0.5) is 0 Å². The lowest BCUT2D eigenvalue weighted by Gasteiger charge is -2.64. The molecule has 11 nitrogen and oxygen atoms in total. The molecule has 6 N–H and O–H groups in total. The standard InChI is InChI=1S/C34H57N3O8/c1-20(5-8-29(39)42-4)23-6-7-24-32-25(19-27(34(23,24)3)43-16-12-28(37)38)33(2)13-9-22(44-30(40)10-14-35)17-21(33)18-26(32)45-31(41)11-15-36/h20-27,32H,5-19,35-36H2,1-4H3,(H2,37,38)/t20-,21?,22-,23-,24+,25+,26-,27+,32?,33+,34-/m1/s1. The lowest BCUT2D eigenvalue weighted by molar-refractivity contribution is -0.226. The van der Waals surface area contributed by atoms with Crippen molar-refractivity contribution in [3.8, 4) is 0 Å². The summed E-state index contributed by atoms with van der Waals surface area (Å²) in [5.41, 5.74) is 16.5. The first-order valence-corrected chi connectivity index (χ1v) is 17.1. The van der Waals surface area contributed by atoms with Crippen LogP contribution in [-0.4, -0.2) is 68.9 Å². The largest absolute Gasteiger partial charge is 0.469 e. The van der Waals surface area contributed by atoms with Crippen molar-refractivity contribution in [2.24, 2.45) is 63.5 Å². The Morgan fingerprint density at radius 3 is 2.18 bits per heavy atom. The van der Waals surface area contributed by atoms with Crippen LogP contribution in [0.15, 0.2) is 0 Å². The molecule has 0 bridgehead atoms. The molecule has 0 saturated heterocycles. The summed E-state index contributed by atoms with van der Waals surface area (Å²) in [6.07, 6.45) is 6.93. The number of hydrogen-bond donors (Lipinski definition) is 3. The topological polar surface area (TPSA) is 183 Å². The SMILES string of the molecule is COC(=O)CC[C@@H](C)[C@H]1CC[C@H]2C3[C@H](OC(=O)CCN)CC4C[C@H](OC(=O)CCN)CC[C@]4(C)[C@H]3C[C@H](OCCC(N)=O)[C@]12C. The fraction of sp³-hybridized carbons (Fsp3) is 0.882. The van der Waals surface area contributed by atoms with E-state index < -0.39 is 0 Å². The van der Waals surface area contributed by atoms with Gasteiger partial charge in [0.25, 0.3) is 0 Å². The Morgan fingerprint density at radius 1 is 0.844 bits per heavy atom. The molecule has 4 rings (SSSR count). The van der Waals surface area contributed by atoms with Gasteiger partial charge in [0.2, 0.25) is 5.91 Å². The van der Waals surface area contributed by atoms with Crippen LogP contribution in [0.3, 0.4) is 0 Å². The number of primary amides is 1. The fourth-order valence-corrected chi connectivity index (χ4v) is 10.2. The lowest BCUT2D eigenvalue weighted by Crippen LogP contribution is -2.63. The summed E-state index contributed by atoms with van der Waals surface area (Å²) in [6, 6.07) is 0. The van der Waals surface area contributed by atoms with E-state index in [2.05, 4.69) is 20.8 Å². The third-order valence-corrected chi connectivity index (χ3v) is 12.4. The molecule has 4 saturated carbocycles. The summed E-state index contributed by atoms with van der Waals surface area (Å²) >= 11 is 0. The van der Waals surface area contributed by atoms with Crippen molar-refractivity contribution in [2.75, 3.05) is 26.8 Å². The molecule has 2 unspecified atom stereocenters. The summed E-state index contributed by atoms with van der Waals surface area (Å²) in [7, 11) is 1.42. The molecule has 0 aromatic heterocycles. The van der Waals surface area contributed by atoms with E-state index in [-0.39, 0.29) is 127 Å². The average molecular weight is 636 g/mol. The second kappa shape index (κ2) is 15.1. The van der Waals surface area contributed by atoms with Gasteiger partial charge in [0.1, 0.15) is 12.2 Å². The molecule has 0 aromatic rings. The highest BCUT2D eigenvalue weighted by molar-refractivity contribution is 5.73. The summed E-state index contributed by atoms with van der Waals surface area (Å²) in [6.45, 7) is 7.68. The second-order valence-corrected chi connectivity index (χ2v) is 14.7. The van der Waals surface area contributed by atoms with Crippen molar-refractivity contribution < 1.29 is 38.1 Å². The van der Waals surface area contributed by atoms with E-state index in [0.717, 1.165) is 51.4 Å². The third kappa shape index (κ3) is 7.51. The average Bonchev–Trinajstić information content (AvgIpc) is 3.34. The van der Waals surface area contributed by atoms with Crippen molar-refractivity contribution in [2.45, 2.75) is 116 Å². The maximum Gasteiger partial charge on any atom is 0.307 e. The first-order chi connectivity index (χ1) is 21.4. The Labute approximate surface area is 268 Å². The lowest BCUT2D eigenvalue weighted by atomic mass is 9.43. The van der Waals surface area contributed by atoms with Gasteiger partial charge in [-0.15, -0.1) is 0 Å². The number of hydrogen-bond acceptors (Lipinski definition) is 10. The van der Waals surface area contributed by atoms with E-state index >= 15 is 0 Å². The number of carbonyl (C=O) groups excluding carboxylic acids is 4. The molecule has 1 amide bonds. The summed E-state index contributed by atoms with van der Waals surface area (Å²) in [5.74, 6) is 0.198. The molecule has 0 radical (unpaired) electrons. The Bertz CT molecular complexity index is 1070. The van der Waals surface area contributed by atoms with Crippen LogP contribution in [0.5, 0.6) is 0 Å². The van der Waals surface area contributed by atoms with E-state index in [0.29, 0.717) is 6.42 Å². The molecule has 0 aliphatic heterocycles. The van der Waals surface area contributed by atoms with Crippen molar-refractivity contribution in [3.63, 3.8) is 0 Å². The molecular weight excluding hydrogens is 578 g/mol. The molecule has 11 atom stereocenters. The Kier molecular flexibility index (Phi) is 12.0. The molecule has 45 heavy (non-hydrogen) atoms.